The van der Waals surface area contributed by atoms with Crippen molar-refractivity contribution in [3.63, 3.8) is 0 Å². The Bertz CT molecular complexity index is 1290. The standard InChI is InChI=1S/C25H20F4N2O5/c26-24(27)25(28,29)36-17-10-6-15(7-11-17)23(34)35-21-4-2-1-3-18(21)19(22(32)33)12-8-14-5-9-16(30)13-20(14)31/h1-7,9-13,24H,8,30-31H2,(H,32,33)/b19-12+. The maximum Gasteiger partial charge on any atom is 0.461 e. The molecular weight excluding hydrogens is 484 g/mol. The lowest BCUT2D eigenvalue weighted by Crippen LogP contribution is -2.33. The first-order valence-corrected chi connectivity index (χ1v) is 10.3. The molecule has 0 amide bonds. The van der Waals surface area contributed by atoms with E-state index in [1.54, 1.807) is 24.3 Å². The molecule has 0 bridgehead atoms. The summed E-state index contributed by atoms with van der Waals surface area (Å²) in [4.78, 5) is 24.6. The molecule has 11 heteroatoms. The zero-order valence-corrected chi connectivity index (χ0v) is 18.5. The summed E-state index contributed by atoms with van der Waals surface area (Å²) >= 11 is 0. The van der Waals surface area contributed by atoms with E-state index in [2.05, 4.69) is 4.74 Å². The quantitative estimate of drug-likeness (QED) is 0.123. The summed E-state index contributed by atoms with van der Waals surface area (Å²) in [6, 6.07) is 14.6. The zero-order valence-electron chi connectivity index (χ0n) is 18.5. The van der Waals surface area contributed by atoms with Gasteiger partial charge < -0.3 is 26.0 Å². The zero-order chi connectivity index (χ0) is 26.5. The van der Waals surface area contributed by atoms with E-state index >= 15 is 0 Å². The van der Waals surface area contributed by atoms with Crippen molar-refractivity contribution in [2.75, 3.05) is 11.5 Å². The van der Waals surface area contributed by atoms with Crippen LogP contribution in [0.2, 0.25) is 0 Å². The highest BCUT2D eigenvalue weighted by Gasteiger charge is 2.43. The van der Waals surface area contributed by atoms with Gasteiger partial charge in [0.25, 0.3) is 0 Å². The summed E-state index contributed by atoms with van der Waals surface area (Å²) < 4.78 is 60.0. The Morgan fingerprint density at radius 3 is 2.28 bits per heavy atom. The van der Waals surface area contributed by atoms with Crippen molar-refractivity contribution >= 4 is 28.9 Å². The van der Waals surface area contributed by atoms with Crippen LogP contribution >= 0.6 is 0 Å². The summed E-state index contributed by atoms with van der Waals surface area (Å²) in [5, 5.41) is 9.77. The first-order valence-electron chi connectivity index (χ1n) is 10.3. The summed E-state index contributed by atoms with van der Waals surface area (Å²) in [5.41, 5.74) is 12.9. The third kappa shape index (κ3) is 6.32. The van der Waals surface area contributed by atoms with Gasteiger partial charge in [0.1, 0.15) is 11.5 Å². The van der Waals surface area contributed by atoms with Gasteiger partial charge in [-0.15, -0.1) is 0 Å². The first-order chi connectivity index (χ1) is 17.0. The molecule has 0 fully saturated rings. The van der Waals surface area contributed by atoms with Crippen molar-refractivity contribution in [1.29, 1.82) is 0 Å². The number of esters is 1. The van der Waals surface area contributed by atoms with E-state index in [1.165, 1.54) is 24.3 Å². The third-order valence-electron chi connectivity index (χ3n) is 4.90. The number of para-hydroxylation sites is 1. The number of allylic oxidation sites excluding steroid dienone is 1. The summed E-state index contributed by atoms with van der Waals surface area (Å²) in [6.45, 7) is 0. The third-order valence-corrected chi connectivity index (χ3v) is 4.90. The monoisotopic (exact) mass is 504 g/mol. The number of benzene rings is 3. The second-order valence-electron chi connectivity index (χ2n) is 7.46. The van der Waals surface area contributed by atoms with Gasteiger partial charge in [-0.1, -0.05) is 30.3 Å². The molecule has 7 nitrogen and oxygen atoms in total. The Kier molecular flexibility index (Phi) is 7.83. The molecule has 0 aromatic heterocycles. The molecule has 0 radical (unpaired) electrons. The van der Waals surface area contributed by atoms with Gasteiger partial charge in [-0.3, -0.25) is 0 Å². The number of nitrogens with two attached hydrogens (primary N) is 2. The highest BCUT2D eigenvalue weighted by Crippen LogP contribution is 2.30. The number of halogens is 4. The Labute approximate surface area is 202 Å². The minimum atomic E-state index is -4.70. The second kappa shape index (κ2) is 10.8. The molecule has 3 aromatic carbocycles. The van der Waals surface area contributed by atoms with Crippen LogP contribution in [-0.4, -0.2) is 29.6 Å². The molecule has 0 saturated heterocycles. The average Bonchev–Trinajstić information content (AvgIpc) is 2.81. The topological polar surface area (TPSA) is 125 Å². The number of carboxylic acids is 1. The van der Waals surface area contributed by atoms with Crippen molar-refractivity contribution in [2.45, 2.75) is 19.0 Å². The first kappa shape index (κ1) is 26.1. The van der Waals surface area contributed by atoms with E-state index in [4.69, 9.17) is 16.2 Å². The van der Waals surface area contributed by atoms with Crippen LogP contribution < -0.4 is 20.9 Å². The number of hydrogen-bond acceptors (Lipinski definition) is 6. The number of alkyl halides is 4. The minimum absolute atomic E-state index is 0.0778. The molecule has 188 valence electrons. The largest absolute Gasteiger partial charge is 0.478 e. The number of aliphatic carboxylic acids is 1. The van der Waals surface area contributed by atoms with Crippen LogP contribution in [0.25, 0.3) is 5.57 Å². The van der Waals surface area contributed by atoms with E-state index in [1.807, 2.05) is 0 Å². The predicted octanol–water partition coefficient (Wildman–Crippen LogP) is 5.02. The predicted molar refractivity (Wildman–Crippen MR) is 124 cm³/mol. The molecule has 0 heterocycles. The number of rotatable bonds is 9. The molecule has 0 aliphatic heterocycles. The highest BCUT2D eigenvalue weighted by molar-refractivity contribution is 6.16. The van der Waals surface area contributed by atoms with Crippen molar-refractivity contribution in [2.24, 2.45) is 0 Å². The maximum atomic E-state index is 13.0. The lowest BCUT2D eigenvalue weighted by Gasteiger charge is -2.16. The number of ether oxygens (including phenoxy) is 2. The van der Waals surface area contributed by atoms with Gasteiger partial charge in [-0.25, -0.2) is 9.59 Å². The second-order valence-corrected chi connectivity index (χ2v) is 7.46. The van der Waals surface area contributed by atoms with Gasteiger partial charge in [0.2, 0.25) is 0 Å². The minimum Gasteiger partial charge on any atom is -0.478 e. The smallest absolute Gasteiger partial charge is 0.461 e. The van der Waals surface area contributed by atoms with Crippen LogP contribution in [0.5, 0.6) is 11.5 Å². The van der Waals surface area contributed by atoms with Crippen LogP contribution in [-0.2, 0) is 11.2 Å². The van der Waals surface area contributed by atoms with E-state index in [0.717, 1.165) is 24.3 Å². The van der Waals surface area contributed by atoms with Crippen LogP contribution in [0.3, 0.4) is 0 Å². The maximum absolute atomic E-state index is 13.0. The molecular formula is C25H20F4N2O5. The van der Waals surface area contributed by atoms with E-state index in [0.29, 0.717) is 16.9 Å². The number of carboxylic acid groups (broad SMARTS) is 1. The number of anilines is 2. The number of carbonyl (C=O) groups excluding carboxylic acids is 1. The van der Waals surface area contributed by atoms with Crippen LogP contribution in [0.15, 0.2) is 72.8 Å². The summed E-state index contributed by atoms with van der Waals surface area (Å²) in [5.74, 6) is -2.89. The number of nitrogen functional groups attached to an aromatic ring is 2. The van der Waals surface area contributed by atoms with Crippen molar-refractivity contribution in [3.8, 4) is 11.5 Å². The molecule has 0 atom stereocenters. The Balaban J connectivity index is 1.82. The van der Waals surface area contributed by atoms with Crippen molar-refractivity contribution in [3.05, 3.63) is 89.5 Å². The fraction of sp³-hybridized carbons (Fsp3) is 0.120. The summed E-state index contributed by atoms with van der Waals surface area (Å²) in [6.07, 6.45) is -7.17. The number of carbonyl (C=O) groups is 2. The fourth-order valence-corrected chi connectivity index (χ4v) is 3.12. The molecule has 3 aromatic rings. The normalized spacial score (nSPS) is 11.9. The SMILES string of the molecule is Nc1ccc(C/C=C(/C(=O)O)c2ccccc2OC(=O)c2ccc(OC(F)(F)C(F)F)cc2)c(N)c1. The molecule has 3 rings (SSSR count). The van der Waals surface area contributed by atoms with E-state index in [9.17, 15) is 32.3 Å². The van der Waals surface area contributed by atoms with Gasteiger partial charge >= 0.3 is 24.5 Å². The Hall–Kier alpha value is -4.54. The van der Waals surface area contributed by atoms with E-state index in [-0.39, 0.29) is 28.9 Å². The molecule has 0 aliphatic carbocycles. The average molecular weight is 504 g/mol. The molecule has 0 unspecified atom stereocenters. The molecule has 0 saturated carbocycles. The van der Waals surface area contributed by atoms with Gasteiger partial charge in [0.05, 0.1) is 11.1 Å². The highest BCUT2D eigenvalue weighted by atomic mass is 19.3. The van der Waals surface area contributed by atoms with Crippen LogP contribution in [0.4, 0.5) is 28.9 Å². The van der Waals surface area contributed by atoms with Gasteiger partial charge in [0.15, 0.2) is 0 Å². The van der Waals surface area contributed by atoms with Crippen LogP contribution in [0.1, 0.15) is 21.5 Å². The van der Waals surface area contributed by atoms with Crippen molar-refractivity contribution in [1.82, 2.24) is 0 Å². The molecule has 5 N–H and O–H groups in total. The Morgan fingerprint density at radius 2 is 1.67 bits per heavy atom. The summed E-state index contributed by atoms with van der Waals surface area (Å²) in [7, 11) is 0. The molecule has 0 spiro atoms. The fourth-order valence-electron chi connectivity index (χ4n) is 3.12. The van der Waals surface area contributed by atoms with Gasteiger partial charge in [-0.05, 0) is 54.4 Å². The van der Waals surface area contributed by atoms with E-state index < -0.39 is 30.2 Å². The lowest BCUT2D eigenvalue weighted by molar-refractivity contribution is -0.253. The molecule has 36 heavy (non-hydrogen) atoms. The van der Waals surface area contributed by atoms with Gasteiger partial charge in [0, 0.05) is 16.9 Å². The van der Waals surface area contributed by atoms with Crippen molar-refractivity contribution < 1.29 is 41.7 Å². The lowest BCUT2D eigenvalue weighted by atomic mass is 10.0. The van der Waals surface area contributed by atoms with Gasteiger partial charge in [-0.2, -0.15) is 17.6 Å². The van der Waals surface area contributed by atoms with Crippen LogP contribution in [0, 0.1) is 0 Å². The molecule has 0 aliphatic rings. The Morgan fingerprint density at radius 1 is 1.00 bits per heavy atom. The number of hydrogen-bond donors (Lipinski definition) is 3.